The van der Waals surface area contributed by atoms with E-state index < -0.39 is 0 Å². The highest BCUT2D eigenvalue weighted by Crippen LogP contribution is 2.44. The lowest BCUT2D eigenvalue weighted by atomic mass is 9.98. The number of hydrogen-bond donors (Lipinski definition) is 3. The fraction of sp³-hybridized carbons (Fsp3) is 0.0588. The number of para-hydroxylation sites is 2. The topological polar surface area (TPSA) is 41.0 Å². The van der Waals surface area contributed by atoms with Crippen LogP contribution in [-0.4, -0.2) is 4.57 Å². The van der Waals surface area contributed by atoms with Crippen LogP contribution in [0.5, 0.6) is 0 Å². The lowest BCUT2D eigenvalue weighted by molar-refractivity contribution is 0.204. The van der Waals surface area contributed by atoms with E-state index in [4.69, 9.17) is 0 Å². The average Bonchev–Trinajstić information content (AvgIpc) is 3.96. The molecule has 8 aromatic carbocycles. The van der Waals surface area contributed by atoms with E-state index in [0.717, 1.165) is 0 Å². The zero-order valence-electron chi connectivity index (χ0n) is 30.8. The number of nitrogens with one attached hydrogen (secondary N) is 3. The van der Waals surface area contributed by atoms with Gasteiger partial charge in [0.15, 0.2) is 0 Å². The first-order valence-electron chi connectivity index (χ1n) is 19.5. The van der Waals surface area contributed by atoms with E-state index in [9.17, 15) is 0 Å². The van der Waals surface area contributed by atoms with E-state index in [0.29, 0.717) is 0 Å². The summed E-state index contributed by atoms with van der Waals surface area (Å²) in [5, 5.41) is 19.5. The van der Waals surface area contributed by atoms with Crippen LogP contribution in [0.3, 0.4) is 0 Å². The van der Waals surface area contributed by atoms with Crippen molar-refractivity contribution in [3.05, 3.63) is 199 Å². The van der Waals surface area contributed by atoms with Gasteiger partial charge >= 0.3 is 0 Å². The van der Waals surface area contributed by atoms with E-state index in [1.165, 1.54) is 95.7 Å². The molecule has 0 radical (unpaired) electrons. The van der Waals surface area contributed by atoms with E-state index in [2.05, 4.69) is 203 Å². The molecule has 0 bridgehead atoms. The van der Waals surface area contributed by atoms with Gasteiger partial charge in [-0.25, -0.2) is 0 Å². The SMILES string of the molecule is c1ccc(C2NC(c3ccccc3)NC(c3cccc4sc5ccc(-c6ccc7c(c6)sc6cccc(-n8c9ccccc9c9ccccc98)c67)cc5c34)N2)cc1. The standard InChI is InChI=1S/C51H36N4S2/c1-3-13-31(14-4-1)49-52-50(32-15-5-2-6-16-32)54-51(53-49)38-19-11-23-44-47(38)39-29-33(26-28-43(39)56-44)34-25-27-37-46(30-34)57-45-24-12-22-42(48(37)45)55-40-20-9-7-17-35(40)36-18-8-10-21-41(36)55/h1-30,49-54H. The summed E-state index contributed by atoms with van der Waals surface area (Å²) in [5.41, 5.74) is 9.86. The van der Waals surface area contributed by atoms with Gasteiger partial charge in [0.1, 0.15) is 0 Å². The van der Waals surface area contributed by atoms with Crippen LogP contribution >= 0.6 is 22.7 Å². The summed E-state index contributed by atoms with van der Waals surface area (Å²) in [6, 6.07) is 66.6. The molecule has 12 rings (SSSR count). The van der Waals surface area contributed by atoms with Gasteiger partial charge in [-0.2, -0.15) is 0 Å². The maximum Gasteiger partial charge on any atom is 0.0871 e. The van der Waals surface area contributed by atoms with Gasteiger partial charge in [0.05, 0.1) is 35.2 Å². The zero-order valence-corrected chi connectivity index (χ0v) is 32.4. The normalized spacial score (nSPS) is 17.4. The Balaban J connectivity index is 0.972. The Morgan fingerprint density at radius 3 is 1.63 bits per heavy atom. The van der Waals surface area contributed by atoms with Crippen molar-refractivity contribution in [3.63, 3.8) is 0 Å². The van der Waals surface area contributed by atoms with E-state index in [1.807, 2.05) is 22.7 Å². The number of nitrogens with zero attached hydrogens (tertiary/aromatic N) is 1. The molecule has 11 aromatic rings. The summed E-state index contributed by atoms with van der Waals surface area (Å²) in [7, 11) is 0. The second kappa shape index (κ2) is 13.2. The minimum Gasteiger partial charge on any atom is -0.309 e. The Morgan fingerprint density at radius 2 is 0.930 bits per heavy atom. The third kappa shape index (κ3) is 5.37. The van der Waals surface area contributed by atoms with Gasteiger partial charge in [0.2, 0.25) is 0 Å². The van der Waals surface area contributed by atoms with Crippen molar-refractivity contribution in [3.8, 4) is 16.8 Å². The lowest BCUT2D eigenvalue weighted by Gasteiger charge is -2.40. The first-order chi connectivity index (χ1) is 28.2. The number of aromatic nitrogens is 1. The van der Waals surface area contributed by atoms with Gasteiger partial charge in [-0.3, -0.25) is 16.0 Å². The van der Waals surface area contributed by atoms with Crippen LogP contribution in [0, 0.1) is 0 Å². The molecule has 57 heavy (non-hydrogen) atoms. The van der Waals surface area contributed by atoms with Crippen molar-refractivity contribution in [1.29, 1.82) is 0 Å². The van der Waals surface area contributed by atoms with E-state index in [-0.39, 0.29) is 18.5 Å². The second-order valence-corrected chi connectivity index (χ2v) is 17.2. The molecule has 3 aromatic heterocycles. The largest absolute Gasteiger partial charge is 0.309 e. The Bertz CT molecular complexity index is 3210. The lowest BCUT2D eigenvalue weighted by Crippen LogP contribution is -2.54. The van der Waals surface area contributed by atoms with Crippen LogP contribution in [-0.2, 0) is 0 Å². The third-order valence-corrected chi connectivity index (χ3v) is 14.0. The smallest absolute Gasteiger partial charge is 0.0871 e. The molecule has 0 spiro atoms. The molecule has 0 aliphatic carbocycles. The highest BCUT2D eigenvalue weighted by molar-refractivity contribution is 7.26. The number of benzene rings is 8. The van der Waals surface area contributed by atoms with Gasteiger partial charge in [-0.15, -0.1) is 22.7 Å². The number of fused-ring (bicyclic) bond motifs is 9. The molecule has 1 saturated heterocycles. The van der Waals surface area contributed by atoms with Crippen molar-refractivity contribution in [1.82, 2.24) is 20.5 Å². The van der Waals surface area contributed by atoms with E-state index in [1.54, 1.807) is 0 Å². The fourth-order valence-electron chi connectivity index (χ4n) is 9.13. The van der Waals surface area contributed by atoms with Gasteiger partial charge in [0.25, 0.3) is 0 Å². The highest BCUT2D eigenvalue weighted by Gasteiger charge is 2.31. The van der Waals surface area contributed by atoms with Gasteiger partial charge in [0, 0.05) is 51.1 Å². The van der Waals surface area contributed by atoms with E-state index >= 15 is 0 Å². The summed E-state index contributed by atoms with van der Waals surface area (Å²) < 4.78 is 7.65. The van der Waals surface area contributed by atoms with Crippen LogP contribution in [0.25, 0.3) is 79.0 Å². The monoisotopic (exact) mass is 768 g/mol. The molecule has 2 atom stereocenters. The molecule has 4 heterocycles. The number of hydrogen-bond acceptors (Lipinski definition) is 5. The van der Waals surface area contributed by atoms with Crippen LogP contribution < -0.4 is 16.0 Å². The van der Waals surface area contributed by atoms with Crippen LogP contribution in [0.1, 0.15) is 35.2 Å². The van der Waals surface area contributed by atoms with Gasteiger partial charge in [-0.05, 0) is 76.3 Å². The van der Waals surface area contributed by atoms with Crippen LogP contribution in [0.2, 0.25) is 0 Å². The van der Waals surface area contributed by atoms with Crippen molar-refractivity contribution < 1.29 is 0 Å². The number of thiophene rings is 2. The molecule has 272 valence electrons. The summed E-state index contributed by atoms with van der Waals surface area (Å²) in [5.74, 6) is 0. The Hall–Kier alpha value is -6.12. The molecular weight excluding hydrogens is 733 g/mol. The Labute approximate surface area is 337 Å². The first kappa shape index (κ1) is 33.1. The fourth-order valence-corrected chi connectivity index (χ4v) is 11.4. The third-order valence-electron chi connectivity index (χ3n) is 11.7. The van der Waals surface area contributed by atoms with Crippen molar-refractivity contribution >= 4 is 84.8 Å². The predicted octanol–water partition coefficient (Wildman–Crippen LogP) is 13.4. The Morgan fingerprint density at radius 1 is 0.368 bits per heavy atom. The summed E-state index contributed by atoms with van der Waals surface area (Å²) in [6.45, 7) is 0. The van der Waals surface area contributed by atoms with Crippen molar-refractivity contribution in [2.75, 3.05) is 0 Å². The Kier molecular flexibility index (Phi) is 7.68. The van der Waals surface area contributed by atoms with Crippen molar-refractivity contribution in [2.45, 2.75) is 18.5 Å². The van der Waals surface area contributed by atoms with Gasteiger partial charge in [-0.1, -0.05) is 133 Å². The molecule has 1 aliphatic heterocycles. The molecule has 4 nitrogen and oxygen atoms in total. The average molecular weight is 769 g/mol. The molecule has 6 heteroatoms. The maximum atomic E-state index is 3.93. The summed E-state index contributed by atoms with van der Waals surface area (Å²) >= 11 is 3.76. The molecule has 0 saturated carbocycles. The first-order valence-corrected chi connectivity index (χ1v) is 21.2. The molecular formula is C51H36N4S2. The quantitative estimate of drug-likeness (QED) is 0.163. The minimum atomic E-state index is -0.0783. The number of rotatable bonds is 5. The zero-order chi connectivity index (χ0) is 37.5. The van der Waals surface area contributed by atoms with Gasteiger partial charge < -0.3 is 4.57 Å². The molecule has 3 N–H and O–H groups in total. The molecule has 1 fully saturated rings. The molecule has 1 aliphatic rings. The van der Waals surface area contributed by atoms with Crippen LogP contribution in [0.4, 0.5) is 0 Å². The predicted molar refractivity (Wildman–Crippen MR) is 243 cm³/mol. The van der Waals surface area contributed by atoms with Crippen LogP contribution in [0.15, 0.2) is 182 Å². The second-order valence-electron chi connectivity index (χ2n) is 15.0. The molecule has 2 unspecified atom stereocenters. The maximum absolute atomic E-state index is 3.93. The van der Waals surface area contributed by atoms with Crippen molar-refractivity contribution in [2.24, 2.45) is 0 Å². The summed E-state index contributed by atoms with van der Waals surface area (Å²) in [6.07, 6.45) is -0.130. The summed E-state index contributed by atoms with van der Waals surface area (Å²) in [4.78, 5) is 0. The molecule has 0 amide bonds. The highest BCUT2D eigenvalue weighted by atomic mass is 32.1. The minimum absolute atomic E-state index is 0.0260.